The van der Waals surface area contributed by atoms with E-state index in [9.17, 15) is 0 Å². The van der Waals surface area contributed by atoms with Gasteiger partial charge in [-0.2, -0.15) is 0 Å². The summed E-state index contributed by atoms with van der Waals surface area (Å²) in [4.78, 5) is 6.45. The molecule has 2 aromatic rings. The molecule has 0 fully saturated rings. The van der Waals surface area contributed by atoms with Crippen molar-refractivity contribution in [1.82, 2.24) is 0 Å². The lowest BCUT2D eigenvalue weighted by atomic mass is 10.1. The Kier molecular flexibility index (Phi) is 2.11. The predicted molar refractivity (Wildman–Crippen MR) is 69.9 cm³/mol. The van der Waals surface area contributed by atoms with Crippen molar-refractivity contribution in [2.24, 2.45) is 4.99 Å². The van der Waals surface area contributed by atoms with Crippen molar-refractivity contribution in [3.63, 3.8) is 0 Å². The Balaban J connectivity index is 2.42. The second-order valence-corrected chi connectivity index (χ2v) is 4.12. The van der Waals surface area contributed by atoms with Crippen LogP contribution < -0.4 is 4.90 Å². The smallest absolute Gasteiger partial charge is 0.203 e. The van der Waals surface area contributed by atoms with Crippen molar-refractivity contribution >= 4 is 39.0 Å². The minimum atomic E-state index is 0.550. The monoisotopic (exact) mass is 230 g/mol. The number of anilines is 1. The molecule has 2 nitrogen and oxygen atoms in total. The van der Waals surface area contributed by atoms with Gasteiger partial charge in [0.05, 0.1) is 11.4 Å². The fraction of sp³-hybridized carbons (Fsp3) is 0.154. The maximum atomic E-state index is 6.17. The van der Waals surface area contributed by atoms with Crippen LogP contribution in [0, 0.1) is 0 Å². The normalized spacial score (nSPS) is 14.1. The third-order valence-corrected chi connectivity index (χ3v) is 3.19. The predicted octanol–water partition coefficient (Wildman–Crippen LogP) is 3.91. The zero-order valence-electron chi connectivity index (χ0n) is 8.94. The quantitative estimate of drug-likeness (QED) is 0.679. The summed E-state index contributed by atoms with van der Waals surface area (Å²) in [6.07, 6.45) is 0. The molecule has 0 aromatic heterocycles. The largest absolute Gasteiger partial charge is 0.316 e. The van der Waals surface area contributed by atoms with E-state index in [1.54, 1.807) is 0 Å². The molecule has 80 valence electrons. The summed E-state index contributed by atoms with van der Waals surface area (Å²) < 4.78 is 0. The zero-order chi connectivity index (χ0) is 11.1. The molecule has 0 N–H and O–H groups in total. The lowest BCUT2D eigenvalue weighted by Crippen LogP contribution is -2.28. The third kappa shape index (κ3) is 1.23. The number of benzene rings is 2. The summed E-state index contributed by atoms with van der Waals surface area (Å²) in [7, 11) is 0. The van der Waals surface area contributed by atoms with Crippen LogP contribution in [0.25, 0.3) is 10.8 Å². The molecule has 1 aliphatic rings. The Hall–Kier alpha value is -1.54. The molecule has 3 heteroatoms. The second-order valence-electron chi connectivity index (χ2n) is 3.78. The Morgan fingerprint density at radius 1 is 1.19 bits per heavy atom. The van der Waals surface area contributed by atoms with Gasteiger partial charge >= 0.3 is 0 Å². The Morgan fingerprint density at radius 2 is 1.94 bits per heavy atom. The molecular formula is C13H11ClN2. The van der Waals surface area contributed by atoms with Crippen molar-refractivity contribution in [3.05, 3.63) is 36.4 Å². The summed E-state index contributed by atoms with van der Waals surface area (Å²) in [6, 6.07) is 12.4. The molecule has 0 aliphatic carbocycles. The van der Waals surface area contributed by atoms with E-state index in [4.69, 9.17) is 11.6 Å². The van der Waals surface area contributed by atoms with Gasteiger partial charge in [-0.1, -0.05) is 24.3 Å². The molecule has 0 amide bonds. The van der Waals surface area contributed by atoms with E-state index < -0.39 is 0 Å². The molecule has 0 radical (unpaired) electrons. The highest BCUT2D eigenvalue weighted by atomic mass is 35.5. The van der Waals surface area contributed by atoms with Crippen molar-refractivity contribution in [2.45, 2.75) is 6.92 Å². The first-order chi connectivity index (χ1) is 7.81. The topological polar surface area (TPSA) is 15.6 Å². The molecule has 0 unspecified atom stereocenters. The number of nitrogens with zero attached hydrogens (tertiary/aromatic N) is 2. The van der Waals surface area contributed by atoms with Crippen LogP contribution >= 0.6 is 11.6 Å². The fourth-order valence-corrected chi connectivity index (χ4v) is 2.48. The molecule has 0 saturated carbocycles. The first-order valence-corrected chi connectivity index (χ1v) is 5.72. The van der Waals surface area contributed by atoms with E-state index in [1.165, 1.54) is 10.8 Å². The van der Waals surface area contributed by atoms with Crippen LogP contribution in [0.3, 0.4) is 0 Å². The van der Waals surface area contributed by atoms with E-state index >= 15 is 0 Å². The number of hydrogen-bond donors (Lipinski definition) is 0. The van der Waals surface area contributed by atoms with Gasteiger partial charge in [0, 0.05) is 11.9 Å². The maximum absolute atomic E-state index is 6.17. The molecular weight excluding hydrogens is 220 g/mol. The van der Waals surface area contributed by atoms with Gasteiger partial charge in [-0.15, -0.1) is 0 Å². The zero-order valence-corrected chi connectivity index (χ0v) is 9.70. The van der Waals surface area contributed by atoms with Crippen LogP contribution in [-0.4, -0.2) is 11.8 Å². The van der Waals surface area contributed by atoms with Crippen LogP contribution in [0.4, 0.5) is 11.4 Å². The molecule has 16 heavy (non-hydrogen) atoms. The van der Waals surface area contributed by atoms with E-state index in [0.717, 1.165) is 17.9 Å². The molecule has 0 bridgehead atoms. The third-order valence-electron chi connectivity index (χ3n) is 2.90. The standard InChI is InChI=1S/C13H11ClN2/c1-2-16-11-8-4-6-9-5-3-7-10(12(9)11)15-13(16)14/h3-8H,2H2,1H3. The highest BCUT2D eigenvalue weighted by Gasteiger charge is 2.19. The van der Waals surface area contributed by atoms with Crippen molar-refractivity contribution in [2.75, 3.05) is 11.4 Å². The van der Waals surface area contributed by atoms with Gasteiger partial charge in [-0.25, -0.2) is 4.99 Å². The maximum Gasteiger partial charge on any atom is 0.203 e. The van der Waals surface area contributed by atoms with Crippen molar-refractivity contribution < 1.29 is 0 Å². The molecule has 3 rings (SSSR count). The van der Waals surface area contributed by atoms with E-state index in [2.05, 4.69) is 36.2 Å². The lowest BCUT2D eigenvalue weighted by Gasteiger charge is -2.26. The SMILES string of the molecule is CCN1C(Cl)=Nc2cccc3cccc1c23. The minimum absolute atomic E-state index is 0.550. The van der Waals surface area contributed by atoms with E-state index in [0.29, 0.717) is 5.29 Å². The van der Waals surface area contributed by atoms with Crippen molar-refractivity contribution in [1.29, 1.82) is 0 Å². The first kappa shape index (κ1) is 9.67. The number of halogens is 1. The van der Waals surface area contributed by atoms with Gasteiger partial charge in [0.2, 0.25) is 5.29 Å². The Bertz CT molecular complexity index is 584. The fourth-order valence-electron chi connectivity index (χ4n) is 2.18. The average Bonchev–Trinajstić information content (AvgIpc) is 2.30. The molecule has 1 aliphatic heterocycles. The minimum Gasteiger partial charge on any atom is -0.316 e. The molecule has 0 saturated heterocycles. The lowest BCUT2D eigenvalue weighted by molar-refractivity contribution is 1.07. The van der Waals surface area contributed by atoms with Crippen molar-refractivity contribution in [3.8, 4) is 0 Å². The number of aliphatic imine (C=N–C) groups is 1. The summed E-state index contributed by atoms with van der Waals surface area (Å²) >= 11 is 6.17. The molecule has 1 heterocycles. The van der Waals surface area contributed by atoms with Gasteiger partial charge in [-0.05, 0) is 36.0 Å². The number of amidine groups is 1. The van der Waals surface area contributed by atoms with Gasteiger partial charge in [0.15, 0.2) is 0 Å². The summed E-state index contributed by atoms with van der Waals surface area (Å²) in [5.41, 5.74) is 2.11. The summed E-state index contributed by atoms with van der Waals surface area (Å²) in [6.45, 7) is 2.90. The highest BCUT2D eigenvalue weighted by molar-refractivity contribution is 6.68. The van der Waals surface area contributed by atoms with Gasteiger partial charge in [-0.3, -0.25) is 0 Å². The molecule has 2 aromatic carbocycles. The number of rotatable bonds is 1. The van der Waals surface area contributed by atoms with Crippen LogP contribution in [0.2, 0.25) is 0 Å². The van der Waals surface area contributed by atoms with Gasteiger partial charge in [0.25, 0.3) is 0 Å². The highest BCUT2D eigenvalue weighted by Crippen LogP contribution is 2.38. The van der Waals surface area contributed by atoms with Crippen LogP contribution in [-0.2, 0) is 0 Å². The van der Waals surface area contributed by atoms with Crippen LogP contribution in [0.1, 0.15) is 6.92 Å². The summed E-state index contributed by atoms with van der Waals surface area (Å²) in [5, 5.41) is 2.95. The van der Waals surface area contributed by atoms with Gasteiger partial charge in [0.1, 0.15) is 0 Å². The average molecular weight is 231 g/mol. The van der Waals surface area contributed by atoms with Crippen LogP contribution in [0.5, 0.6) is 0 Å². The second kappa shape index (κ2) is 3.49. The molecule has 0 atom stereocenters. The first-order valence-electron chi connectivity index (χ1n) is 5.34. The van der Waals surface area contributed by atoms with Crippen LogP contribution in [0.15, 0.2) is 41.4 Å². The van der Waals surface area contributed by atoms with E-state index in [-0.39, 0.29) is 0 Å². The Labute approximate surface area is 99.2 Å². The number of hydrogen-bond acceptors (Lipinski definition) is 2. The summed E-state index contributed by atoms with van der Waals surface area (Å²) in [5.74, 6) is 0. The molecule has 0 spiro atoms. The van der Waals surface area contributed by atoms with E-state index in [1.807, 2.05) is 17.0 Å². The Morgan fingerprint density at radius 3 is 2.69 bits per heavy atom. The van der Waals surface area contributed by atoms with Gasteiger partial charge < -0.3 is 4.90 Å².